The van der Waals surface area contributed by atoms with Gasteiger partial charge < -0.3 is 9.73 Å². The van der Waals surface area contributed by atoms with E-state index in [4.69, 9.17) is 4.42 Å². The lowest BCUT2D eigenvalue weighted by Crippen LogP contribution is -2.23. The van der Waals surface area contributed by atoms with E-state index in [-0.39, 0.29) is 24.5 Å². The van der Waals surface area contributed by atoms with E-state index in [1.807, 2.05) is 12.1 Å². The van der Waals surface area contributed by atoms with Gasteiger partial charge in [-0.15, -0.1) is 0 Å². The van der Waals surface area contributed by atoms with E-state index in [9.17, 15) is 14.4 Å². The summed E-state index contributed by atoms with van der Waals surface area (Å²) in [5.41, 5.74) is 2.02. The van der Waals surface area contributed by atoms with Crippen LogP contribution < -0.4 is 11.1 Å². The van der Waals surface area contributed by atoms with Crippen LogP contribution in [0.1, 0.15) is 28.9 Å². The lowest BCUT2D eigenvalue weighted by Gasteiger charge is -2.04. The fraction of sp³-hybridized carbons (Fsp3) is 0.176. The molecule has 2 aromatic heterocycles. The lowest BCUT2D eigenvalue weighted by atomic mass is 10.1. The first-order chi connectivity index (χ1) is 11.6. The Hall–Kier alpha value is -3.22. The van der Waals surface area contributed by atoms with Crippen molar-refractivity contribution in [2.75, 3.05) is 0 Å². The summed E-state index contributed by atoms with van der Waals surface area (Å²) in [5, 5.41) is 2.72. The van der Waals surface area contributed by atoms with Crippen molar-refractivity contribution < 1.29 is 14.0 Å². The van der Waals surface area contributed by atoms with Gasteiger partial charge in [0.1, 0.15) is 0 Å². The van der Waals surface area contributed by atoms with Crippen LogP contribution in [0.3, 0.4) is 0 Å². The van der Waals surface area contributed by atoms with Crippen LogP contribution in [-0.2, 0) is 11.3 Å². The van der Waals surface area contributed by atoms with Crippen LogP contribution in [0.25, 0.3) is 11.1 Å². The third-order valence-corrected chi connectivity index (χ3v) is 3.51. The number of fused-ring (bicyclic) bond motifs is 1. The Balaban J connectivity index is 1.54. The smallest absolute Gasteiger partial charge is 0.408 e. The third kappa shape index (κ3) is 3.75. The molecular formula is C17H15N3O4. The van der Waals surface area contributed by atoms with Crippen molar-refractivity contribution in [2.24, 2.45) is 0 Å². The van der Waals surface area contributed by atoms with Gasteiger partial charge >= 0.3 is 5.76 Å². The SMILES string of the molecule is O=C(CCC(=O)c1ccc2[nH]c(=O)oc2c1)NCc1ccccn1. The van der Waals surface area contributed by atoms with Crippen LogP contribution in [0.5, 0.6) is 0 Å². The Kier molecular flexibility index (Phi) is 4.51. The number of oxazole rings is 1. The molecule has 0 aliphatic rings. The molecule has 0 fully saturated rings. The molecule has 3 aromatic rings. The number of pyridine rings is 1. The molecule has 0 bridgehead atoms. The number of ketones is 1. The number of nitrogens with one attached hydrogen (secondary N) is 2. The van der Waals surface area contributed by atoms with Gasteiger partial charge in [-0.2, -0.15) is 0 Å². The van der Waals surface area contributed by atoms with E-state index in [2.05, 4.69) is 15.3 Å². The second-order valence-corrected chi connectivity index (χ2v) is 5.25. The number of carbonyl (C=O) groups is 2. The molecule has 0 aliphatic carbocycles. The predicted octanol–water partition coefficient (Wildman–Crippen LogP) is 1.80. The number of aromatic amines is 1. The van der Waals surface area contributed by atoms with E-state index < -0.39 is 5.76 Å². The molecule has 1 aromatic carbocycles. The Bertz CT molecular complexity index is 928. The molecule has 0 spiro atoms. The summed E-state index contributed by atoms with van der Waals surface area (Å²) in [4.78, 5) is 41.7. The maximum Gasteiger partial charge on any atom is 0.417 e. The van der Waals surface area contributed by atoms with Gasteiger partial charge in [0.25, 0.3) is 0 Å². The van der Waals surface area contributed by atoms with Gasteiger partial charge in [-0.3, -0.25) is 19.6 Å². The van der Waals surface area contributed by atoms with Crippen LogP contribution >= 0.6 is 0 Å². The van der Waals surface area contributed by atoms with Gasteiger partial charge in [0, 0.05) is 24.6 Å². The number of H-pyrrole nitrogens is 1. The minimum Gasteiger partial charge on any atom is -0.408 e. The zero-order valence-corrected chi connectivity index (χ0v) is 12.7. The molecule has 0 aliphatic heterocycles. The normalized spacial score (nSPS) is 10.7. The van der Waals surface area contributed by atoms with E-state index in [1.54, 1.807) is 24.4 Å². The molecule has 1 amide bonds. The molecule has 7 nitrogen and oxygen atoms in total. The predicted molar refractivity (Wildman–Crippen MR) is 86.5 cm³/mol. The molecule has 0 unspecified atom stereocenters. The first-order valence-corrected chi connectivity index (χ1v) is 7.44. The van der Waals surface area contributed by atoms with E-state index >= 15 is 0 Å². The van der Waals surface area contributed by atoms with Crippen LogP contribution in [0.2, 0.25) is 0 Å². The largest absolute Gasteiger partial charge is 0.417 e. The first kappa shape index (κ1) is 15.7. The van der Waals surface area contributed by atoms with Gasteiger partial charge in [0.2, 0.25) is 5.91 Å². The van der Waals surface area contributed by atoms with Crippen LogP contribution in [0.15, 0.2) is 51.8 Å². The van der Waals surface area contributed by atoms with Gasteiger partial charge in [-0.1, -0.05) is 6.07 Å². The molecule has 0 saturated carbocycles. The van der Waals surface area contributed by atoms with Gasteiger partial charge in [0.05, 0.1) is 17.8 Å². The Labute approximate surface area is 136 Å². The fourth-order valence-corrected chi connectivity index (χ4v) is 2.27. The second-order valence-electron chi connectivity index (χ2n) is 5.25. The molecule has 3 rings (SSSR count). The average Bonchev–Trinajstić information content (AvgIpc) is 2.97. The Morgan fingerprint density at radius 2 is 2.04 bits per heavy atom. The van der Waals surface area contributed by atoms with Crippen LogP contribution in [0.4, 0.5) is 0 Å². The number of hydrogen-bond acceptors (Lipinski definition) is 5. The number of Topliss-reactive ketones (excluding diaryl/α,β-unsaturated/α-hetero) is 1. The van der Waals surface area contributed by atoms with E-state index in [0.717, 1.165) is 5.69 Å². The summed E-state index contributed by atoms with van der Waals surface area (Å²) in [6, 6.07) is 10.2. The second kappa shape index (κ2) is 6.91. The highest BCUT2D eigenvalue weighted by molar-refractivity contribution is 6.00. The van der Waals surface area contributed by atoms with Crippen molar-refractivity contribution in [2.45, 2.75) is 19.4 Å². The highest BCUT2D eigenvalue weighted by Gasteiger charge is 2.11. The average molecular weight is 325 g/mol. The Morgan fingerprint density at radius 3 is 2.83 bits per heavy atom. The summed E-state index contributed by atoms with van der Waals surface area (Å²) < 4.78 is 4.92. The van der Waals surface area contributed by atoms with Crippen LogP contribution in [-0.4, -0.2) is 21.7 Å². The highest BCUT2D eigenvalue weighted by atomic mass is 16.4. The molecule has 0 saturated heterocycles. The first-order valence-electron chi connectivity index (χ1n) is 7.44. The number of benzene rings is 1. The summed E-state index contributed by atoms with van der Waals surface area (Å²) in [6.45, 7) is 0.328. The summed E-state index contributed by atoms with van der Waals surface area (Å²) in [7, 11) is 0. The maximum atomic E-state index is 12.2. The summed E-state index contributed by atoms with van der Waals surface area (Å²) >= 11 is 0. The lowest BCUT2D eigenvalue weighted by molar-refractivity contribution is -0.121. The fourth-order valence-electron chi connectivity index (χ4n) is 2.27. The van der Waals surface area contributed by atoms with E-state index in [0.29, 0.717) is 23.2 Å². The molecule has 0 atom stereocenters. The van der Waals surface area contributed by atoms with Crippen molar-refractivity contribution in [1.82, 2.24) is 15.3 Å². The van der Waals surface area contributed by atoms with Crippen molar-refractivity contribution in [1.29, 1.82) is 0 Å². The molecule has 2 heterocycles. The van der Waals surface area contributed by atoms with Gasteiger partial charge in [-0.25, -0.2) is 4.79 Å². The number of amides is 1. The number of aromatic nitrogens is 2. The molecule has 2 N–H and O–H groups in total. The van der Waals surface area contributed by atoms with Crippen molar-refractivity contribution >= 4 is 22.8 Å². The highest BCUT2D eigenvalue weighted by Crippen LogP contribution is 2.14. The number of rotatable bonds is 6. The molecule has 122 valence electrons. The topological polar surface area (TPSA) is 105 Å². The third-order valence-electron chi connectivity index (χ3n) is 3.51. The zero-order valence-electron chi connectivity index (χ0n) is 12.7. The number of carbonyl (C=O) groups excluding carboxylic acids is 2. The summed E-state index contributed by atoms with van der Waals surface area (Å²) in [6.07, 6.45) is 1.82. The quantitative estimate of drug-likeness (QED) is 0.672. The maximum absolute atomic E-state index is 12.2. The minimum absolute atomic E-state index is 0.0776. The van der Waals surface area contributed by atoms with Crippen molar-refractivity contribution in [3.63, 3.8) is 0 Å². The molecule has 0 radical (unpaired) electrons. The molecule has 24 heavy (non-hydrogen) atoms. The zero-order chi connectivity index (χ0) is 16.9. The number of hydrogen-bond donors (Lipinski definition) is 2. The Morgan fingerprint density at radius 1 is 1.17 bits per heavy atom. The standard InChI is InChI=1S/C17H15N3O4/c21-14(11-4-5-13-15(9-11)24-17(23)20-13)6-7-16(22)19-10-12-3-1-2-8-18-12/h1-5,8-9H,6-7,10H2,(H,19,22)(H,20,23). The molecule has 7 heteroatoms. The van der Waals surface area contributed by atoms with Crippen molar-refractivity contribution in [3.8, 4) is 0 Å². The molecular weight excluding hydrogens is 310 g/mol. The number of nitrogens with zero attached hydrogens (tertiary/aromatic N) is 1. The van der Waals surface area contributed by atoms with E-state index in [1.165, 1.54) is 6.07 Å². The van der Waals surface area contributed by atoms with Crippen molar-refractivity contribution in [3.05, 3.63) is 64.4 Å². The van der Waals surface area contributed by atoms with Gasteiger partial charge in [0.15, 0.2) is 11.4 Å². The minimum atomic E-state index is -0.566. The van der Waals surface area contributed by atoms with Gasteiger partial charge in [-0.05, 0) is 30.3 Å². The summed E-state index contributed by atoms with van der Waals surface area (Å²) in [5.74, 6) is -0.972. The van der Waals surface area contributed by atoms with Crippen LogP contribution in [0, 0.1) is 0 Å². The monoisotopic (exact) mass is 325 g/mol.